The van der Waals surface area contributed by atoms with Crippen molar-refractivity contribution < 1.29 is 8.42 Å². The van der Waals surface area contributed by atoms with E-state index in [-0.39, 0.29) is 5.92 Å². The van der Waals surface area contributed by atoms with Gasteiger partial charge in [0.15, 0.2) is 9.84 Å². The smallest absolute Gasteiger partial charge is 0.154 e. The molecule has 2 saturated carbocycles. The van der Waals surface area contributed by atoms with E-state index in [1.165, 1.54) is 12.8 Å². The first-order valence-corrected chi connectivity index (χ1v) is 9.39. The average Bonchev–Trinajstić information content (AvgIpc) is 2.90. The monoisotopic (exact) mass is 283 g/mol. The predicted molar refractivity (Wildman–Crippen MR) is 76.3 cm³/mol. The van der Waals surface area contributed by atoms with Gasteiger partial charge in [0.25, 0.3) is 0 Å². The molecule has 0 bridgehead atoms. The molecule has 2 aliphatic carbocycles. The molecule has 0 saturated heterocycles. The molecule has 3 atom stereocenters. The Kier molecular flexibility index (Phi) is 4.89. The van der Waals surface area contributed by atoms with Gasteiger partial charge in [0.05, 0.1) is 23.0 Å². The Morgan fingerprint density at radius 1 is 1.11 bits per heavy atom. The summed E-state index contributed by atoms with van der Waals surface area (Å²) in [5, 5.41) is 8.84. The summed E-state index contributed by atoms with van der Waals surface area (Å²) in [7, 11) is -3.09. The van der Waals surface area contributed by atoms with Crippen molar-refractivity contribution >= 4 is 9.84 Å². The third kappa shape index (κ3) is 3.51. The lowest BCUT2D eigenvalue weighted by atomic mass is 9.81. The molecule has 2 rings (SSSR count). The molecule has 0 heterocycles. The van der Waals surface area contributed by atoms with E-state index in [1.54, 1.807) is 0 Å². The van der Waals surface area contributed by atoms with Gasteiger partial charge in [-0.05, 0) is 43.9 Å². The van der Waals surface area contributed by atoms with Crippen LogP contribution in [0, 0.1) is 29.1 Å². The number of nitriles is 1. The van der Waals surface area contributed by atoms with E-state index < -0.39 is 15.1 Å². The number of hydrogen-bond acceptors (Lipinski definition) is 3. The zero-order valence-corrected chi connectivity index (χ0v) is 12.7. The van der Waals surface area contributed by atoms with E-state index in [0.717, 1.165) is 32.1 Å². The van der Waals surface area contributed by atoms with Crippen LogP contribution in [0.5, 0.6) is 0 Å². The third-order valence-electron chi connectivity index (χ3n) is 5.05. The van der Waals surface area contributed by atoms with Crippen LogP contribution in [0.3, 0.4) is 0 Å². The third-order valence-corrected chi connectivity index (χ3v) is 7.43. The highest BCUT2D eigenvalue weighted by Gasteiger charge is 2.39. The molecule has 0 aromatic carbocycles. The van der Waals surface area contributed by atoms with Gasteiger partial charge < -0.3 is 0 Å². The van der Waals surface area contributed by atoms with Crippen molar-refractivity contribution in [3.8, 4) is 6.07 Å². The van der Waals surface area contributed by atoms with Crippen LogP contribution in [-0.4, -0.2) is 19.4 Å². The van der Waals surface area contributed by atoms with Crippen LogP contribution in [0.4, 0.5) is 0 Å². The number of nitrogens with zero attached hydrogens (tertiary/aromatic N) is 1. The fourth-order valence-electron chi connectivity index (χ4n) is 3.76. The van der Waals surface area contributed by atoms with Crippen LogP contribution in [-0.2, 0) is 9.84 Å². The van der Waals surface area contributed by atoms with E-state index in [2.05, 4.69) is 13.0 Å². The summed E-state index contributed by atoms with van der Waals surface area (Å²) < 4.78 is 25.2. The maximum absolute atomic E-state index is 12.6. The van der Waals surface area contributed by atoms with Crippen LogP contribution in [0.15, 0.2) is 0 Å². The standard InChI is InChI=1S/C15H25NO2S/c1-2-12-7-8-14(10-16)15(9-12)19(17,18)11-13-5-3-4-6-13/h12-15H,2-9,11H2,1H3. The molecule has 3 nitrogen and oxygen atoms in total. The van der Waals surface area contributed by atoms with E-state index in [1.807, 2.05) is 0 Å². The zero-order chi connectivity index (χ0) is 13.9. The minimum absolute atomic E-state index is 0.269. The Morgan fingerprint density at radius 3 is 2.37 bits per heavy atom. The van der Waals surface area contributed by atoms with Crippen molar-refractivity contribution in [3.63, 3.8) is 0 Å². The van der Waals surface area contributed by atoms with Crippen molar-refractivity contribution in [3.05, 3.63) is 0 Å². The Balaban J connectivity index is 2.08. The van der Waals surface area contributed by atoms with Crippen LogP contribution >= 0.6 is 0 Å². The molecule has 0 aliphatic heterocycles. The molecule has 0 aromatic heterocycles. The minimum atomic E-state index is -3.09. The highest BCUT2D eigenvalue weighted by atomic mass is 32.2. The Hall–Kier alpha value is -0.560. The predicted octanol–water partition coefficient (Wildman–Crippen LogP) is 3.31. The van der Waals surface area contributed by atoms with Gasteiger partial charge in [0, 0.05) is 0 Å². The minimum Gasteiger partial charge on any atom is -0.228 e. The van der Waals surface area contributed by atoms with Gasteiger partial charge in [-0.1, -0.05) is 26.2 Å². The zero-order valence-electron chi connectivity index (χ0n) is 11.8. The van der Waals surface area contributed by atoms with Crippen LogP contribution in [0.25, 0.3) is 0 Å². The molecular formula is C15H25NO2S. The van der Waals surface area contributed by atoms with Gasteiger partial charge in [-0.2, -0.15) is 5.26 Å². The lowest BCUT2D eigenvalue weighted by Crippen LogP contribution is -2.38. The van der Waals surface area contributed by atoms with E-state index in [9.17, 15) is 13.7 Å². The number of sulfone groups is 1. The van der Waals surface area contributed by atoms with Crippen LogP contribution < -0.4 is 0 Å². The maximum atomic E-state index is 12.6. The highest BCUT2D eigenvalue weighted by Crippen LogP contribution is 2.37. The fraction of sp³-hybridized carbons (Fsp3) is 0.933. The maximum Gasteiger partial charge on any atom is 0.154 e. The fourth-order valence-corrected chi connectivity index (χ4v) is 6.26. The van der Waals surface area contributed by atoms with Gasteiger partial charge in [0.2, 0.25) is 0 Å². The molecule has 0 amide bonds. The van der Waals surface area contributed by atoms with Gasteiger partial charge in [-0.25, -0.2) is 8.42 Å². The molecule has 4 heteroatoms. The number of rotatable bonds is 4. The van der Waals surface area contributed by atoms with E-state index in [0.29, 0.717) is 24.0 Å². The molecule has 0 spiro atoms. The van der Waals surface area contributed by atoms with Gasteiger partial charge in [-0.15, -0.1) is 0 Å². The van der Waals surface area contributed by atoms with Crippen molar-refractivity contribution in [1.29, 1.82) is 5.26 Å². The lowest BCUT2D eigenvalue weighted by molar-refractivity contribution is 0.307. The summed E-state index contributed by atoms with van der Waals surface area (Å²) in [5.41, 5.74) is 0. The van der Waals surface area contributed by atoms with Crippen molar-refractivity contribution in [2.45, 2.75) is 63.5 Å². The first-order valence-electron chi connectivity index (χ1n) is 7.68. The number of hydrogen-bond donors (Lipinski definition) is 0. The molecule has 0 aromatic rings. The molecule has 0 radical (unpaired) electrons. The van der Waals surface area contributed by atoms with Crippen molar-refractivity contribution in [1.82, 2.24) is 0 Å². The van der Waals surface area contributed by atoms with Gasteiger partial charge in [0.1, 0.15) is 0 Å². The second-order valence-electron chi connectivity index (χ2n) is 6.34. The van der Waals surface area contributed by atoms with Crippen LogP contribution in [0.1, 0.15) is 58.3 Å². The highest BCUT2D eigenvalue weighted by molar-refractivity contribution is 7.92. The Morgan fingerprint density at radius 2 is 1.79 bits per heavy atom. The van der Waals surface area contributed by atoms with Crippen molar-refractivity contribution in [2.75, 3.05) is 5.75 Å². The average molecular weight is 283 g/mol. The second kappa shape index (κ2) is 6.26. The first-order chi connectivity index (χ1) is 9.06. The Labute approximate surface area is 117 Å². The first kappa shape index (κ1) is 14.8. The summed E-state index contributed by atoms with van der Waals surface area (Å²) in [5.74, 6) is 0.903. The topological polar surface area (TPSA) is 57.9 Å². The van der Waals surface area contributed by atoms with E-state index >= 15 is 0 Å². The molecule has 19 heavy (non-hydrogen) atoms. The summed E-state index contributed by atoms with van der Waals surface area (Å²) in [4.78, 5) is 0. The van der Waals surface area contributed by atoms with Gasteiger partial charge in [-0.3, -0.25) is 0 Å². The summed E-state index contributed by atoms with van der Waals surface area (Å²) in [6, 6.07) is 2.25. The van der Waals surface area contributed by atoms with Crippen LogP contribution in [0.2, 0.25) is 0 Å². The van der Waals surface area contributed by atoms with E-state index in [4.69, 9.17) is 0 Å². The largest absolute Gasteiger partial charge is 0.228 e. The molecule has 3 unspecified atom stereocenters. The summed E-state index contributed by atoms with van der Waals surface area (Å²) >= 11 is 0. The quantitative estimate of drug-likeness (QED) is 0.795. The van der Waals surface area contributed by atoms with Gasteiger partial charge >= 0.3 is 0 Å². The molecule has 2 aliphatic rings. The SMILES string of the molecule is CCC1CCC(C#N)C(S(=O)(=O)CC2CCCC2)C1. The van der Waals surface area contributed by atoms with Crippen molar-refractivity contribution in [2.24, 2.45) is 17.8 Å². The normalized spacial score (nSPS) is 33.2. The lowest BCUT2D eigenvalue weighted by Gasteiger charge is -2.32. The summed E-state index contributed by atoms with van der Waals surface area (Å²) in [6.07, 6.45) is 7.99. The Bertz CT molecular complexity index is 432. The molecule has 108 valence electrons. The molecule has 2 fully saturated rings. The molecular weight excluding hydrogens is 258 g/mol. The summed E-state index contributed by atoms with van der Waals surface area (Å²) in [6.45, 7) is 2.12. The molecule has 0 N–H and O–H groups in total. The second-order valence-corrected chi connectivity index (χ2v) is 8.61.